The number of halogens is 1. The van der Waals surface area contributed by atoms with Crippen LogP contribution in [0.15, 0.2) is 18.2 Å². The number of anilines is 2. The summed E-state index contributed by atoms with van der Waals surface area (Å²) < 4.78 is 0. The molecule has 2 rings (SSSR count). The number of nitrogen functional groups attached to an aromatic ring is 1. The first-order chi connectivity index (χ1) is 10.0. The van der Waals surface area contributed by atoms with Crippen molar-refractivity contribution < 1.29 is 4.79 Å². The van der Waals surface area contributed by atoms with E-state index in [-0.39, 0.29) is 11.9 Å². The molecular formula is C15H22ClN3OS. The van der Waals surface area contributed by atoms with Crippen molar-refractivity contribution in [2.45, 2.75) is 31.6 Å². The van der Waals surface area contributed by atoms with Crippen molar-refractivity contribution in [3.8, 4) is 0 Å². The zero-order valence-electron chi connectivity index (χ0n) is 12.4. The van der Waals surface area contributed by atoms with Crippen molar-refractivity contribution in [3.63, 3.8) is 0 Å². The Kier molecular flexibility index (Phi) is 5.79. The highest BCUT2D eigenvalue weighted by Gasteiger charge is 2.27. The highest BCUT2D eigenvalue weighted by atomic mass is 35.5. The average molecular weight is 328 g/mol. The predicted octanol–water partition coefficient (Wildman–Crippen LogP) is 3.08. The summed E-state index contributed by atoms with van der Waals surface area (Å²) in [6.07, 6.45) is 1.14. The molecule has 0 radical (unpaired) electrons. The lowest BCUT2D eigenvalue weighted by Gasteiger charge is -2.35. The van der Waals surface area contributed by atoms with Crippen molar-refractivity contribution >= 4 is 40.6 Å². The summed E-state index contributed by atoms with van der Waals surface area (Å²) in [4.78, 5) is 14.6. The van der Waals surface area contributed by atoms with E-state index in [2.05, 4.69) is 17.1 Å². The molecule has 1 aromatic carbocycles. The normalized spacial score (nSPS) is 21.0. The molecule has 1 amide bonds. The lowest BCUT2D eigenvalue weighted by Crippen LogP contribution is -2.48. The molecule has 1 aliphatic heterocycles. The van der Waals surface area contributed by atoms with Gasteiger partial charge < -0.3 is 11.1 Å². The second-order valence-electron chi connectivity index (χ2n) is 5.30. The Morgan fingerprint density at radius 2 is 2.38 bits per heavy atom. The van der Waals surface area contributed by atoms with E-state index in [1.165, 1.54) is 0 Å². The Hall–Kier alpha value is -0.910. The van der Waals surface area contributed by atoms with Gasteiger partial charge in [0, 0.05) is 29.8 Å². The molecule has 116 valence electrons. The molecule has 2 atom stereocenters. The van der Waals surface area contributed by atoms with E-state index >= 15 is 0 Å². The van der Waals surface area contributed by atoms with Gasteiger partial charge in [0.2, 0.25) is 5.91 Å². The van der Waals surface area contributed by atoms with E-state index in [1.54, 1.807) is 18.2 Å². The van der Waals surface area contributed by atoms with E-state index in [0.29, 0.717) is 21.6 Å². The van der Waals surface area contributed by atoms with Crippen LogP contribution < -0.4 is 11.1 Å². The number of nitrogens with two attached hydrogens (primary N) is 1. The van der Waals surface area contributed by atoms with Gasteiger partial charge in [-0.3, -0.25) is 9.69 Å². The second-order valence-corrected chi connectivity index (χ2v) is 7.12. The van der Waals surface area contributed by atoms with Crippen LogP contribution in [0.3, 0.4) is 0 Å². The van der Waals surface area contributed by atoms with Crippen LogP contribution >= 0.6 is 23.4 Å². The Morgan fingerprint density at radius 3 is 3.05 bits per heavy atom. The molecular weight excluding hydrogens is 306 g/mol. The Balaban J connectivity index is 1.99. The van der Waals surface area contributed by atoms with Gasteiger partial charge in [-0.15, -0.1) is 0 Å². The Labute approximate surface area is 135 Å². The fourth-order valence-corrected chi connectivity index (χ4v) is 3.82. The zero-order valence-corrected chi connectivity index (χ0v) is 14.0. The first-order valence-electron chi connectivity index (χ1n) is 7.22. The largest absolute Gasteiger partial charge is 0.399 e. The number of carbonyl (C=O) groups excluding carboxylic acids is 1. The summed E-state index contributed by atoms with van der Waals surface area (Å²) in [5.41, 5.74) is 6.86. The average Bonchev–Trinajstić information content (AvgIpc) is 2.49. The standard InChI is InChI=1S/C15H22ClN3OS/c1-3-12-9-19(6-7-21-12)10(2)15(20)18-14-5-4-11(17)8-13(14)16/h4-5,8,10,12H,3,6-7,9,17H2,1-2H3,(H,18,20). The maximum atomic E-state index is 12.4. The monoisotopic (exact) mass is 327 g/mol. The molecule has 0 saturated carbocycles. The van der Waals surface area contributed by atoms with Crippen molar-refractivity contribution in [1.29, 1.82) is 0 Å². The van der Waals surface area contributed by atoms with Gasteiger partial charge in [-0.2, -0.15) is 11.8 Å². The number of amides is 1. The second kappa shape index (κ2) is 7.38. The highest BCUT2D eigenvalue weighted by Crippen LogP contribution is 2.26. The number of thioether (sulfide) groups is 1. The first-order valence-corrected chi connectivity index (χ1v) is 8.65. The molecule has 0 aromatic heterocycles. The van der Waals surface area contributed by atoms with Gasteiger partial charge in [-0.1, -0.05) is 18.5 Å². The maximum Gasteiger partial charge on any atom is 0.241 e. The Bertz CT molecular complexity index is 512. The fraction of sp³-hybridized carbons (Fsp3) is 0.533. The molecule has 1 aromatic rings. The summed E-state index contributed by atoms with van der Waals surface area (Å²) in [7, 11) is 0. The minimum atomic E-state index is -0.159. The molecule has 4 nitrogen and oxygen atoms in total. The number of carbonyl (C=O) groups is 1. The number of nitrogens with one attached hydrogen (secondary N) is 1. The predicted molar refractivity (Wildman–Crippen MR) is 92.1 cm³/mol. The molecule has 0 bridgehead atoms. The van der Waals surface area contributed by atoms with Gasteiger partial charge in [-0.25, -0.2) is 0 Å². The van der Waals surface area contributed by atoms with Crippen molar-refractivity contribution in [1.82, 2.24) is 4.90 Å². The van der Waals surface area contributed by atoms with Crippen LogP contribution in [0.1, 0.15) is 20.3 Å². The summed E-state index contributed by atoms with van der Waals surface area (Å²) in [6, 6.07) is 4.96. The van der Waals surface area contributed by atoms with Gasteiger partial charge in [0.15, 0.2) is 0 Å². The van der Waals surface area contributed by atoms with Gasteiger partial charge in [-0.05, 0) is 31.5 Å². The molecule has 1 aliphatic rings. The number of benzene rings is 1. The lowest BCUT2D eigenvalue weighted by molar-refractivity contribution is -0.120. The highest BCUT2D eigenvalue weighted by molar-refractivity contribution is 8.00. The third-order valence-electron chi connectivity index (χ3n) is 3.80. The van der Waals surface area contributed by atoms with Crippen LogP contribution in [0.4, 0.5) is 11.4 Å². The van der Waals surface area contributed by atoms with Crippen molar-refractivity contribution in [2.75, 3.05) is 29.9 Å². The van der Waals surface area contributed by atoms with E-state index < -0.39 is 0 Å². The molecule has 1 heterocycles. The summed E-state index contributed by atoms with van der Waals surface area (Å²) >= 11 is 8.09. The lowest BCUT2D eigenvalue weighted by atomic mass is 10.2. The van der Waals surface area contributed by atoms with E-state index in [1.807, 2.05) is 18.7 Å². The minimum Gasteiger partial charge on any atom is -0.399 e. The van der Waals surface area contributed by atoms with Crippen LogP contribution in [-0.4, -0.2) is 40.9 Å². The summed E-state index contributed by atoms with van der Waals surface area (Å²) in [5, 5.41) is 3.98. The Morgan fingerprint density at radius 1 is 1.62 bits per heavy atom. The zero-order chi connectivity index (χ0) is 15.4. The number of nitrogens with zero attached hydrogens (tertiary/aromatic N) is 1. The first kappa shape index (κ1) is 16.5. The van der Waals surface area contributed by atoms with Crippen molar-refractivity contribution in [2.24, 2.45) is 0 Å². The maximum absolute atomic E-state index is 12.4. The van der Waals surface area contributed by atoms with Crippen LogP contribution in [0.25, 0.3) is 0 Å². The van der Waals surface area contributed by atoms with Crippen LogP contribution in [-0.2, 0) is 4.79 Å². The van der Waals surface area contributed by atoms with E-state index in [0.717, 1.165) is 25.3 Å². The molecule has 3 N–H and O–H groups in total. The van der Waals surface area contributed by atoms with E-state index in [4.69, 9.17) is 17.3 Å². The quantitative estimate of drug-likeness (QED) is 0.834. The van der Waals surface area contributed by atoms with Gasteiger partial charge >= 0.3 is 0 Å². The number of hydrogen-bond donors (Lipinski definition) is 2. The smallest absolute Gasteiger partial charge is 0.241 e. The van der Waals surface area contributed by atoms with Gasteiger partial charge in [0.05, 0.1) is 16.8 Å². The molecule has 6 heteroatoms. The van der Waals surface area contributed by atoms with Gasteiger partial charge in [0.25, 0.3) is 0 Å². The summed E-state index contributed by atoms with van der Waals surface area (Å²) in [6.45, 7) is 6.06. The van der Waals surface area contributed by atoms with Crippen LogP contribution in [0, 0.1) is 0 Å². The number of rotatable bonds is 4. The molecule has 1 fully saturated rings. The topological polar surface area (TPSA) is 58.4 Å². The molecule has 1 saturated heterocycles. The molecule has 2 unspecified atom stereocenters. The van der Waals surface area contributed by atoms with Gasteiger partial charge in [0.1, 0.15) is 0 Å². The molecule has 0 spiro atoms. The number of hydrogen-bond acceptors (Lipinski definition) is 4. The van der Waals surface area contributed by atoms with Crippen molar-refractivity contribution in [3.05, 3.63) is 23.2 Å². The van der Waals surface area contributed by atoms with Crippen LogP contribution in [0.2, 0.25) is 5.02 Å². The minimum absolute atomic E-state index is 0.0246. The van der Waals surface area contributed by atoms with Crippen LogP contribution in [0.5, 0.6) is 0 Å². The van der Waals surface area contributed by atoms with E-state index in [9.17, 15) is 4.79 Å². The molecule has 0 aliphatic carbocycles. The SMILES string of the molecule is CCC1CN(C(C)C(=O)Nc2ccc(N)cc2Cl)CCS1. The fourth-order valence-electron chi connectivity index (χ4n) is 2.38. The third kappa shape index (κ3) is 4.28. The molecule has 21 heavy (non-hydrogen) atoms. The third-order valence-corrected chi connectivity index (χ3v) is 5.49. The summed E-state index contributed by atoms with van der Waals surface area (Å²) in [5.74, 6) is 1.06.